The molecule has 0 heterocycles. The predicted octanol–water partition coefficient (Wildman–Crippen LogP) is 3.57. The Bertz CT molecular complexity index is 301. The molecule has 0 radical (unpaired) electrons. The number of carbonyl (C=O) groups is 2. The second-order valence-corrected chi connectivity index (χ2v) is 6.80. The van der Waals surface area contributed by atoms with Gasteiger partial charge in [-0.1, -0.05) is 61.0 Å². The quantitative estimate of drug-likeness (QED) is 0.337. The van der Waals surface area contributed by atoms with Crippen LogP contribution in [0.5, 0.6) is 0 Å². The van der Waals surface area contributed by atoms with E-state index in [0.29, 0.717) is 6.42 Å². The number of esters is 1. The molecule has 0 saturated heterocycles. The molecule has 0 spiro atoms. The number of unbranched alkanes of at least 4 members (excludes halogenated alkanes) is 2. The average molecular weight is 320 g/mol. The zero-order valence-corrected chi connectivity index (χ0v) is 12.6. The molecule has 0 aromatic heterocycles. The van der Waals surface area contributed by atoms with Crippen molar-refractivity contribution in [2.75, 3.05) is 6.61 Å². The minimum Gasteiger partial charge on any atom is -0.480 e. The van der Waals surface area contributed by atoms with Gasteiger partial charge in [0.05, 0.1) is 0 Å². The van der Waals surface area contributed by atoms with E-state index in [0.717, 1.165) is 12.8 Å². The van der Waals surface area contributed by atoms with Crippen molar-refractivity contribution in [3.63, 3.8) is 0 Å². The van der Waals surface area contributed by atoms with Gasteiger partial charge in [-0.05, 0) is 13.3 Å². The van der Waals surface area contributed by atoms with E-state index < -0.39 is 27.8 Å². The first-order valence-corrected chi connectivity index (χ1v) is 6.74. The summed E-state index contributed by atoms with van der Waals surface area (Å²) >= 11 is 16.3. The third-order valence-electron chi connectivity index (χ3n) is 2.57. The van der Waals surface area contributed by atoms with E-state index in [1.807, 2.05) is 6.92 Å². The maximum atomic E-state index is 11.8. The van der Waals surface area contributed by atoms with Crippen molar-refractivity contribution in [2.24, 2.45) is 5.41 Å². The van der Waals surface area contributed by atoms with Crippen molar-refractivity contribution in [2.45, 2.75) is 43.3 Å². The van der Waals surface area contributed by atoms with Crippen LogP contribution >= 0.6 is 34.8 Å². The summed E-state index contributed by atoms with van der Waals surface area (Å²) in [6.45, 7) is 2.85. The lowest BCUT2D eigenvalue weighted by Gasteiger charge is -2.23. The highest BCUT2D eigenvalue weighted by molar-refractivity contribution is 6.67. The van der Waals surface area contributed by atoms with Gasteiger partial charge in [0, 0.05) is 0 Å². The summed E-state index contributed by atoms with van der Waals surface area (Å²) in [6.07, 6.45) is 2.61. The van der Waals surface area contributed by atoms with Crippen LogP contribution in [-0.4, -0.2) is 27.4 Å². The van der Waals surface area contributed by atoms with E-state index in [2.05, 4.69) is 0 Å². The predicted molar refractivity (Wildman–Crippen MR) is 71.1 cm³/mol. The Morgan fingerprint density at radius 3 is 2.17 bits per heavy atom. The molecule has 0 fully saturated rings. The van der Waals surface area contributed by atoms with Crippen LogP contribution in [0.4, 0.5) is 0 Å². The minimum absolute atomic E-state index is 0.203. The third kappa shape index (κ3) is 6.12. The molecule has 4 nitrogen and oxygen atoms in total. The van der Waals surface area contributed by atoms with Gasteiger partial charge in [0.1, 0.15) is 6.61 Å². The molecule has 0 amide bonds. The SMILES string of the molecule is CCCCC[C@@](C)(C(=O)O)C(=O)OCC(Cl)(Cl)Cl. The normalized spacial score (nSPS) is 14.9. The molecular formula is C11H17Cl3O4. The molecule has 1 N–H and O–H groups in total. The molecule has 0 unspecified atom stereocenters. The molecule has 0 aliphatic carbocycles. The molecule has 0 rings (SSSR count). The van der Waals surface area contributed by atoms with Crippen LogP contribution in [-0.2, 0) is 14.3 Å². The molecule has 0 aromatic carbocycles. The number of hydrogen-bond acceptors (Lipinski definition) is 3. The van der Waals surface area contributed by atoms with Gasteiger partial charge in [-0.3, -0.25) is 9.59 Å². The van der Waals surface area contributed by atoms with Crippen LogP contribution in [0.2, 0.25) is 0 Å². The first-order valence-electron chi connectivity index (χ1n) is 5.61. The van der Waals surface area contributed by atoms with E-state index in [1.54, 1.807) is 0 Å². The molecule has 0 aliphatic rings. The Kier molecular flexibility index (Phi) is 7.33. The van der Waals surface area contributed by atoms with Crippen molar-refractivity contribution < 1.29 is 19.4 Å². The average Bonchev–Trinajstić information content (AvgIpc) is 2.24. The Morgan fingerprint density at radius 2 is 1.78 bits per heavy atom. The lowest BCUT2D eigenvalue weighted by molar-refractivity contribution is -0.168. The smallest absolute Gasteiger partial charge is 0.323 e. The number of aliphatic carboxylic acids is 1. The van der Waals surface area contributed by atoms with E-state index in [4.69, 9.17) is 44.6 Å². The highest BCUT2D eigenvalue weighted by Gasteiger charge is 2.43. The van der Waals surface area contributed by atoms with Gasteiger partial charge in [0.2, 0.25) is 3.79 Å². The molecule has 106 valence electrons. The summed E-state index contributed by atoms with van der Waals surface area (Å²) in [6, 6.07) is 0. The zero-order valence-electron chi connectivity index (χ0n) is 10.3. The standard InChI is InChI=1S/C11H17Cl3O4/c1-3-4-5-6-10(2,8(15)16)9(17)18-7-11(12,13)14/h3-7H2,1-2H3,(H,15,16)/t10-/m0/s1. The molecule has 7 heteroatoms. The van der Waals surface area contributed by atoms with Crippen LogP contribution in [0.3, 0.4) is 0 Å². The van der Waals surface area contributed by atoms with Gasteiger partial charge in [0.25, 0.3) is 0 Å². The van der Waals surface area contributed by atoms with E-state index in [-0.39, 0.29) is 6.42 Å². The number of rotatable bonds is 7. The van der Waals surface area contributed by atoms with Crippen molar-refractivity contribution in [3.05, 3.63) is 0 Å². The number of carboxylic acid groups (broad SMARTS) is 1. The number of carbonyl (C=O) groups excluding carboxylic acids is 1. The summed E-state index contributed by atoms with van der Waals surface area (Å²) in [5.74, 6) is -2.11. The molecule has 0 saturated carbocycles. The Balaban J connectivity index is 4.57. The highest BCUT2D eigenvalue weighted by Crippen LogP contribution is 2.30. The lowest BCUT2D eigenvalue weighted by atomic mass is 9.85. The molecule has 0 aliphatic heterocycles. The molecule has 0 bridgehead atoms. The largest absolute Gasteiger partial charge is 0.480 e. The Hall–Kier alpha value is -0.190. The fourth-order valence-electron chi connectivity index (χ4n) is 1.33. The fourth-order valence-corrected chi connectivity index (χ4v) is 1.50. The first-order chi connectivity index (χ1) is 8.13. The minimum atomic E-state index is -1.74. The molecular weight excluding hydrogens is 302 g/mol. The first kappa shape index (κ1) is 17.8. The van der Waals surface area contributed by atoms with Crippen LogP contribution in [0, 0.1) is 5.41 Å². The number of alkyl halides is 3. The third-order valence-corrected chi connectivity index (χ3v) is 2.90. The Morgan fingerprint density at radius 1 is 1.22 bits per heavy atom. The highest BCUT2D eigenvalue weighted by atomic mass is 35.6. The summed E-state index contributed by atoms with van der Waals surface area (Å²) in [5, 5.41) is 9.13. The van der Waals surface area contributed by atoms with Gasteiger partial charge in [-0.15, -0.1) is 0 Å². The van der Waals surface area contributed by atoms with Crippen LogP contribution < -0.4 is 0 Å². The van der Waals surface area contributed by atoms with Crippen LogP contribution in [0.15, 0.2) is 0 Å². The summed E-state index contributed by atoms with van der Waals surface area (Å²) in [7, 11) is 0. The van der Waals surface area contributed by atoms with Crippen molar-refractivity contribution in [3.8, 4) is 0 Å². The van der Waals surface area contributed by atoms with Crippen molar-refractivity contribution in [1.82, 2.24) is 0 Å². The van der Waals surface area contributed by atoms with Crippen LogP contribution in [0.1, 0.15) is 39.5 Å². The topological polar surface area (TPSA) is 63.6 Å². The van der Waals surface area contributed by atoms with Crippen LogP contribution in [0.25, 0.3) is 0 Å². The maximum Gasteiger partial charge on any atom is 0.323 e. The molecule has 1 atom stereocenters. The molecule has 0 aromatic rings. The van der Waals surface area contributed by atoms with Gasteiger partial charge < -0.3 is 9.84 Å². The van der Waals surface area contributed by atoms with E-state index >= 15 is 0 Å². The zero-order chi connectivity index (χ0) is 14.4. The van der Waals surface area contributed by atoms with Gasteiger partial charge in [-0.2, -0.15) is 0 Å². The van der Waals surface area contributed by atoms with E-state index in [1.165, 1.54) is 6.92 Å². The molecule has 18 heavy (non-hydrogen) atoms. The van der Waals surface area contributed by atoms with Crippen molar-refractivity contribution >= 4 is 46.7 Å². The number of ether oxygens (including phenoxy) is 1. The number of carboxylic acids is 1. The fraction of sp³-hybridized carbons (Fsp3) is 0.818. The lowest BCUT2D eigenvalue weighted by Crippen LogP contribution is -2.39. The number of hydrogen-bond donors (Lipinski definition) is 1. The van der Waals surface area contributed by atoms with Crippen molar-refractivity contribution in [1.29, 1.82) is 0 Å². The summed E-state index contributed by atoms with van der Waals surface area (Å²) in [4.78, 5) is 22.9. The second-order valence-electron chi connectivity index (χ2n) is 4.29. The number of halogens is 3. The monoisotopic (exact) mass is 318 g/mol. The summed E-state index contributed by atoms with van der Waals surface area (Å²) in [5.41, 5.74) is -1.59. The van der Waals surface area contributed by atoms with Gasteiger partial charge >= 0.3 is 11.9 Å². The van der Waals surface area contributed by atoms with Gasteiger partial charge in [-0.25, -0.2) is 0 Å². The summed E-state index contributed by atoms with van der Waals surface area (Å²) < 4.78 is 3.01. The van der Waals surface area contributed by atoms with Gasteiger partial charge in [0.15, 0.2) is 5.41 Å². The van der Waals surface area contributed by atoms with E-state index in [9.17, 15) is 9.59 Å². The second kappa shape index (κ2) is 7.41. The maximum absolute atomic E-state index is 11.8. The Labute approximate surface area is 122 Å².